The molecule has 2 aliphatic rings. The quantitative estimate of drug-likeness (QED) is 0.156. The fraction of sp³-hybridized carbons (Fsp3) is 0.857. The molecule has 1 aliphatic carbocycles. The van der Waals surface area contributed by atoms with E-state index in [0.29, 0.717) is 13.0 Å². The molecular formula is C21H40N6O4S. The highest BCUT2D eigenvalue weighted by Crippen LogP contribution is 2.41. The monoisotopic (exact) mass is 472 g/mol. The summed E-state index contributed by atoms with van der Waals surface area (Å²) in [6.07, 6.45) is 4.61. The zero-order valence-corrected chi connectivity index (χ0v) is 19.9. The number of thioether (sulfide) groups is 1. The van der Waals surface area contributed by atoms with E-state index in [1.54, 1.807) is 0 Å². The van der Waals surface area contributed by atoms with Crippen LogP contribution in [0, 0.1) is 11.8 Å². The number of hydrogen-bond donors (Lipinski definition) is 5. The van der Waals surface area contributed by atoms with Gasteiger partial charge in [-0.1, -0.05) is 12.8 Å². The minimum atomic E-state index is -1.04. The molecule has 32 heavy (non-hydrogen) atoms. The molecule has 184 valence electrons. The number of amides is 2. The molecule has 4 atom stereocenters. The highest BCUT2D eigenvalue weighted by Gasteiger charge is 2.43. The first kappa shape index (κ1) is 26.8. The largest absolute Gasteiger partial charge is 0.480 e. The van der Waals surface area contributed by atoms with E-state index in [9.17, 15) is 14.4 Å². The van der Waals surface area contributed by atoms with E-state index in [1.165, 1.54) is 36.7 Å². The van der Waals surface area contributed by atoms with Crippen LogP contribution in [-0.4, -0.2) is 96.2 Å². The highest BCUT2D eigenvalue weighted by atomic mass is 32.2. The number of nitrogens with zero attached hydrogens (tertiary/aromatic N) is 2. The van der Waals surface area contributed by atoms with E-state index in [2.05, 4.69) is 15.6 Å². The molecule has 0 radical (unpaired) electrons. The van der Waals surface area contributed by atoms with E-state index in [0.717, 1.165) is 32.2 Å². The number of carboxylic acid groups (broad SMARTS) is 1. The number of likely N-dealkylation sites (N-methyl/N-ethyl adjacent to an activating group) is 1. The molecule has 10 nitrogen and oxygen atoms in total. The third-order valence-electron chi connectivity index (χ3n) is 6.15. The van der Waals surface area contributed by atoms with Crippen molar-refractivity contribution in [3.63, 3.8) is 0 Å². The second-order valence-electron chi connectivity index (χ2n) is 8.91. The Bertz CT molecular complexity index is 619. The van der Waals surface area contributed by atoms with Crippen LogP contribution in [0.3, 0.4) is 0 Å². The predicted octanol–water partition coefficient (Wildman–Crippen LogP) is -0.560. The third-order valence-corrected chi connectivity index (χ3v) is 7.09. The second-order valence-corrected chi connectivity index (χ2v) is 10.1. The normalized spacial score (nSPS) is 22.9. The lowest BCUT2D eigenvalue weighted by molar-refractivity contribution is -0.139. The van der Waals surface area contributed by atoms with Crippen molar-refractivity contribution in [2.75, 3.05) is 51.3 Å². The Balaban J connectivity index is 1.71. The van der Waals surface area contributed by atoms with Gasteiger partial charge in [0, 0.05) is 44.1 Å². The van der Waals surface area contributed by atoms with Gasteiger partial charge in [-0.2, -0.15) is 11.8 Å². The van der Waals surface area contributed by atoms with E-state index in [4.69, 9.17) is 16.6 Å². The summed E-state index contributed by atoms with van der Waals surface area (Å²) in [6.45, 7) is 3.65. The van der Waals surface area contributed by atoms with E-state index < -0.39 is 12.0 Å². The van der Waals surface area contributed by atoms with Gasteiger partial charge in [-0.15, -0.1) is 0 Å². The second kappa shape index (κ2) is 14.0. The molecule has 2 rings (SSSR count). The Morgan fingerprint density at radius 2 is 1.94 bits per heavy atom. The first-order chi connectivity index (χ1) is 15.3. The van der Waals surface area contributed by atoms with Gasteiger partial charge in [0.15, 0.2) is 0 Å². The van der Waals surface area contributed by atoms with Gasteiger partial charge in [0.2, 0.25) is 11.8 Å². The van der Waals surface area contributed by atoms with Crippen molar-refractivity contribution >= 4 is 29.5 Å². The lowest BCUT2D eigenvalue weighted by atomic mass is 10.0. The summed E-state index contributed by atoms with van der Waals surface area (Å²) >= 11 is 2.01. The lowest BCUT2D eigenvalue weighted by Crippen LogP contribution is -2.50. The Labute approximate surface area is 195 Å². The van der Waals surface area contributed by atoms with Crippen LogP contribution in [0.1, 0.15) is 38.5 Å². The number of carbonyl (C=O) groups is 3. The molecule has 0 bridgehead atoms. The van der Waals surface area contributed by atoms with E-state index >= 15 is 0 Å². The number of unbranched alkanes of at least 4 members (excludes halogenated alkanes) is 2. The zero-order valence-electron chi connectivity index (χ0n) is 19.1. The standard InChI is InChI=1S/C21H40N6O4S/c1-26(14-20(29)30)25-19(28)12-18(16-11-15(16)13-22)24-21(31)17(23)5-3-2-4-6-27-7-9-32-10-8-27/h15-18H,2-14,22-23H2,1H3,(H,24,31)(H,25,28)(H,29,30)/t15-,16-,17-,18+/m0/s1. The average Bonchev–Trinajstić information content (AvgIpc) is 3.52. The van der Waals surface area contributed by atoms with Crippen molar-refractivity contribution in [3.05, 3.63) is 0 Å². The van der Waals surface area contributed by atoms with Crippen LogP contribution in [0.2, 0.25) is 0 Å². The minimum absolute atomic E-state index is 0.0672. The topological polar surface area (TPSA) is 154 Å². The van der Waals surface area contributed by atoms with Gasteiger partial charge in [-0.3, -0.25) is 19.8 Å². The van der Waals surface area contributed by atoms with E-state index in [-0.39, 0.29) is 42.7 Å². The number of hydrazine groups is 1. The van der Waals surface area contributed by atoms with Gasteiger partial charge in [-0.05, 0) is 44.2 Å². The molecule has 1 aliphatic heterocycles. The molecule has 1 saturated heterocycles. The van der Waals surface area contributed by atoms with Crippen molar-refractivity contribution in [2.24, 2.45) is 23.3 Å². The molecule has 7 N–H and O–H groups in total. The van der Waals surface area contributed by atoms with Crippen LogP contribution >= 0.6 is 11.8 Å². The highest BCUT2D eigenvalue weighted by molar-refractivity contribution is 7.99. The molecule has 0 unspecified atom stereocenters. The van der Waals surface area contributed by atoms with Crippen molar-refractivity contribution in [3.8, 4) is 0 Å². The molecule has 0 spiro atoms. The molecule has 0 aromatic rings. The fourth-order valence-electron chi connectivity index (χ4n) is 4.17. The summed E-state index contributed by atoms with van der Waals surface area (Å²) in [5, 5.41) is 13.0. The molecule has 0 aromatic carbocycles. The molecule has 2 fully saturated rings. The first-order valence-corrected chi connectivity index (χ1v) is 12.7. The Morgan fingerprint density at radius 3 is 2.56 bits per heavy atom. The van der Waals surface area contributed by atoms with Crippen LogP contribution in [0.15, 0.2) is 0 Å². The molecule has 11 heteroatoms. The van der Waals surface area contributed by atoms with Crippen LogP contribution in [0.25, 0.3) is 0 Å². The maximum atomic E-state index is 12.6. The summed E-state index contributed by atoms with van der Waals surface area (Å²) in [4.78, 5) is 38.2. The van der Waals surface area contributed by atoms with Crippen LogP contribution in [-0.2, 0) is 14.4 Å². The Morgan fingerprint density at radius 1 is 1.22 bits per heavy atom. The lowest BCUT2D eigenvalue weighted by Gasteiger charge is -2.26. The number of aliphatic carboxylic acids is 1. The zero-order chi connectivity index (χ0) is 23.5. The van der Waals surface area contributed by atoms with Crippen molar-refractivity contribution in [1.29, 1.82) is 0 Å². The molecule has 1 heterocycles. The van der Waals surface area contributed by atoms with Crippen molar-refractivity contribution in [1.82, 2.24) is 20.7 Å². The fourth-order valence-corrected chi connectivity index (χ4v) is 5.15. The van der Waals surface area contributed by atoms with Gasteiger partial charge in [0.1, 0.15) is 6.54 Å². The number of carbonyl (C=O) groups excluding carboxylic acids is 2. The van der Waals surface area contributed by atoms with Crippen LogP contribution in [0.4, 0.5) is 0 Å². The summed E-state index contributed by atoms with van der Waals surface area (Å²) in [5.74, 6) is 1.24. The number of carboxylic acids is 1. The van der Waals surface area contributed by atoms with Crippen LogP contribution in [0.5, 0.6) is 0 Å². The molecule has 0 aromatic heterocycles. The Kier molecular flexibility index (Phi) is 11.7. The number of nitrogens with one attached hydrogen (secondary N) is 2. The summed E-state index contributed by atoms with van der Waals surface area (Å²) in [6, 6.07) is -0.950. The summed E-state index contributed by atoms with van der Waals surface area (Å²) in [7, 11) is 1.49. The number of rotatable bonds is 15. The molecule has 1 saturated carbocycles. The number of nitrogens with two attached hydrogens (primary N) is 2. The van der Waals surface area contributed by atoms with Gasteiger partial charge in [0.05, 0.1) is 6.04 Å². The summed E-state index contributed by atoms with van der Waals surface area (Å²) in [5.41, 5.74) is 14.4. The maximum Gasteiger partial charge on any atom is 0.319 e. The van der Waals surface area contributed by atoms with Gasteiger partial charge in [-0.25, -0.2) is 5.01 Å². The van der Waals surface area contributed by atoms with Crippen LogP contribution < -0.4 is 22.2 Å². The van der Waals surface area contributed by atoms with Gasteiger partial charge < -0.3 is 26.8 Å². The number of hydrogen-bond acceptors (Lipinski definition) is 8. The average molecular weight is 473 g/mol. The SMILES string of the molecule is CN(CC(=O)O)NC(=O)C[C@@H](NC(=O)[C@@H](N)CCCCCN1CCSCC1)[C@H]1C[C@H]1CN. The maximum absolute atomic E-state index is 12.6. The molecule has 2 amide bonds. The third kappa shape index (κ3) is 10.0. The Hall–Kier alpha value is -1.40. The molecular weight excluding hydrogens is 432 g/mol. The van der Waals surface area contributed by atoms with Crippen molar-refractivity contribution < 1.29 is 19.5 Å². The van der Waals surface area contributed by atoms with E-state index in [1.807, 2.05) is 11.8 Å². The first-order valence-electron chi connectivity index (χ1n) is 11.6. The smallest absolute Gasteiger partial charge is 0.319 e. The predicted molar refractivity (Wildman–Crippen MR) is 126 cm³/mol. The minimum Gasteiger partial charge on any atom is -0.480 e. The summed E-state index contributed by atoms with van der Waals surface area (Å²) < 4.78 is 0. The van der Waals surface area contributed by atoms with Gasteiger partial charge in [0.25, 0.3) is 0 Å². The van der Waals surface area contributed by atoms with Gasteiger partial charge >= 0.3 is 5.97 Å². The van der Waals surface area contributed by atoms with Crippen molar-refractivity contribution in [2.45, 2.75) is 50.6 Å².